The molecule has 1 aliphatic rings. The van der Waals surface area contributed by atoms with E-state index in [0.29, 0.717) is 43.4 Å². The SMILES string of the molecule is O=[N+]([O-])c1ccc(N2CCN(Cc3ccc(Cl)cn3)CC2)c([N+](=O)[O-])c1. The van der Waals surface area contributed by atoms with Crippen molar-refractivity contribution in [3.05, 3.63) is 67.5 Å². The van der Waals surface area contributed by atoms with Gasteiger partial charge in [0.2, 0.25) is 0 Å². The highest BCUT2D eigenvalue weighted by Crippen LogP contribution is 2.32. The van der Waals surface area contributed by atoms with Crippen LogP contribution in [0.3, 0.4) is 0 Å². The Hall–Kier alpha value is -2.78. The molecule has 136 valence electrons. The first kappa shape index (κ1) is 18.0. The predicted molar refractivity (Wildman–Crippen MR) is 96.5 cm³/mol. The molecule has 1 aliphatic heterocycles. The lowest BCUT2D eigenvalue weighted by Gasteiger charge is -2.35. The maximum atomic E-state index is 11.3. The first-order valence-electron chi connectivity index (χ1n) is 7.94. The Morgan fingerprint density at radius 3 is 2.35 bits per heavy atom. The van der Waals surface area contributed by atoms with E-state index in [1.165, 1.54) is 12.1 Å². The zero-order valence-electron chi connectivity index (χ0n) is 13.7. The van der Waals surface area contributed by atoms with Crippen molar-refractivity contribution in [2.24, 2.45) is 0 Å². The average molecular weight is 378 g/mol. The molecule has 2 heterocycles. The maximum absolute atomic E-state index is 11.3. The number of benzene rings is 1. The summed E-state index contributed by atoms with van der Waals surface area (Å²) in [6, 6.07) is 7.43. The molecule has 1 saturated heterocycles. The van der Waals surface area contributed by atoms with Crippen LogP contribution in [-0.4, -0.2) is 45.9 Å². The summed E-state index contributed by atoms with van der Waals surface area (Å²) in [5, 5.41) is 22.7. The summed E-state index contributed by atoms with van der Waals surface area (Å²) < 4.78 is 0. The van der Waals surface area contributed by atoms with Gasteiger partial charge in [-0.25, -0.2) is 0 Å². The summed E-state index contributed by atoms with van der Waals surface area (Å²) >= 11 is 5.83. The molecule has 0 radical (unpaired) electrons. The van der Waals surface area contributed by atoms with Crippen molar-refractivity contribution in [1.29, 1.82) is 0 Å². The number of hydrogen-bond donors (Lipinski definition) is 0. The highest BCUT2D eigenvalue weighted by molar-refractivity contribution is 6.30. The number of nitro benzene ring substituents is 2. The van der Waals surface area contributed by atoms with E-state index in [2.05, 4.69) is 9.88 Å². The third kappa shape index (κ3) is 4.06. The summed E-state index contributed by atoms with van der Waals surface area (Å²) in [5.41, 5.74) is 0.786. The van der Waals surface area contributed by atoms with Crippen molar-refractivity contribution >= 4 is 28.7 Å². The van der Waals surface area contributed by atoms with E-state index in [4.69, 9.17) is 11.6 Å². The van der Waals surface area contributed by atoms with E-state index in [-0.39, 0.29) is 11.4 Å². The number of aromatic nitrogens is 1. The van der Waals surface area contributed by atoms with E-state index >= 15 is 0 Å². The molecule has 0 N–H and O–H groups in total. The highest BCUT2D eigenvalue weighted by atomic mass is 35.5. The summed E-state index contributed by atoms with van der Waals surface area (Å²) in [6.07, 6.45) is 1.60. The van der Waals surface area contributed by atoms with Gasteiger partial charge in [0.05, 0.1) is 26.6 Å². The Kier molecular flexibility index (Phi) is 5.29. The van der Waals surface area contributed by atoms with E-state index in [1.807, 2.05) is 11.0 Å². The van der Waals surface area contributed by atoms with Crippen LogP contribution < -0.4 is 4.90 Å². The molecule has 3 rings (SSSR count). The van der Waals surface area contributed by atoms with Crippen LogP contribution in [0.25, 0.3) is 0 Å². The van der Waals surface area contributed by atoms with E-state index < -0.39 is 9.85 Å². The maximum Gasteiger partial charge on any atom is 0.299 e. The Morgan fingerprint density at radius 1 is 1.04 bits per heavy atom. The molecule has 1 fully saturated rings. The molecular formula is C16H16ClN5O4. The zero-order valence-corrected chi connectivity index (χ0v) is 14.5. The topological polar surface area (TPSA) is 106 Å². The van der Waals surface area contributed by atoms with Gasteiger partial charge in [-0.3, -0.25) is 30.1 Å². The van der Waals surface area contributed by atoms with Crippen LogP contribution >= 0.6 is 11.6 Å². The third-order valence-corrected chi connectivity index (χ3v) is 4.48. The summed E-state index contributed by atoms with van der Waals surface area (Å²) in [7, 11) is 0. The van der Waals surface area contributed by atoms with Crippen molar-refractivity contribution in [3.63, 3.8) is 0 Å². The van der Waals surface area contributed by atoms with Crippen molar-refractivity contribution in [2.75, 3.05) is 31.1 Å². The van der Waals surface area contributed by atoms with Gasteiger partial charge in [0.25, 0.3) is 11.4 Å². The van der Waals surface area contributed by atoms with Gasteiger partial charge in [0, 0.05) is 45.0 Å². The van der Waals surface area contributed by atoms with Crippen molar-refractivity contribution in [3.8, 4) is 0 Å². The fraction of sp³-hybridized carbons (Fsp3) is 0.312. The van der Waals surface area contributed by atoms with Crippen LogP contribution in [0.15, 0.2) is 36.5 Å². The van der Waals surface area contributed by atoms with E-state index in [9.17, 15) is 20.2 Å². The Labute approximate surface area is 154 Å². The number of nitrogens with zero attached hydrogens (tertiary/aromatic N) is 5. The molecule has 0 aliphatic carbocycles. The molecule has 0 amide bonds. The summed E-state index contributed by atoms with van der Waals surface area (Å²) in [4.78, 5) is 29.3. The Bertz CT molecular complexity index is 822. The lowest BCUT2D eigenvalue weighted by molar-refractivity contribution is -0.393. The van der Waals surface area contributed by atoms with E-state index in [0.717, 1.165) is 11.8 Å². The van der Waals surface area contributed by atoms with Crippen LogP contribution in [0.2, 0.25) is 5.02 Å². The van der Waals surface area contributed by atoms with Crippen LogP contribution in [0, 0.1) is 20.2 Å². The van der Waals surface area contributed by atoms with Gasteiger partial charge in [0.15, 0.2) is 0 Å². The molecule has 0 spiro atoms. The molecule has 0 unspecified atom stereocenters. The second kappa shape index (κ2) is 7.63. The fourth-order valence-corrected chi connectivity index (χ4v) is 3.03. The minimum absolute atomic E-state index is 0.244. The van der Waals surface area contributed by atoms with E-state index in [1.54, 1.807) is 12.3 Å². The minimum atomic E-state index is -0.631. The second-order valence-corrected chi connectivity index (χ2v) is 6.35. The normalized spacial score (nSPS) is 15.0. The van der Waals surface area contributed by atoms with Gasteiger partial charge in [-0.2, -0.15) is 0 Å². The van der Waals surface area contributed by atoms with Gasteiger partial charge >= 0.3 is 0 Å². The van der Waals surface area contributed by atoms with Crippen molar-refractivity contribution in [1.82, 2.24) is 9.88 Å². The molecule has 1 aromatic carbocycles. The number of pyridine rings is 1. The number of hydrogen-bond acceptors (Lipinski definition) is 7. The zero-order chi connectivity index (χ0) is 18.7. The van der Waals surface area contributed by atoms with Gasteiger partial charge in [-0.05, 0) is 18.2 Å². The van der Waals surface area contributed by atoms with Gasteiger partial charge in [-0.1, -0.05) is 11.6 Å². The third-order valence-electron chi connectivity index (χ3n) is 4.25. The van der Waals surface area contributed by atoms with Crippen LogP contribution in [-0.2, 0) is 6.54 Å². The lowest BCUT2D eigenvalue weighted by Crippen LogP contribution is -2.46. The largest absolute Gasteiger partial charge is 0.363 e. The molecule has 26 heavy (non-hydrogen) atoms. The quantitative estimate of drug-likeness (QED) is 0.582. The van der Waals surface area contributed by atoms with Crippen molar-refractivity contribution < 1.29 is 9.85 Å². The molecule has 0 atom stereocenters. The van der Waals surface area contributed by atoms with Gasteiger partial charge < -0.3 is 4.90 Å². The number of rotatable bonds is 5. The lowest BCUT2D eigenvalue weighted by atomic mass is 10.2. The smallest absolute Gasteiger partial charge is 0.299 e. The minimum Gasteiger partial charge on any atom is -0.363 e. The number of piperazine rings is 1. The number of nitro groups is 2. The fourth-order valence-electron chi connectivity index (χ4n) is 2.91. The van der Waals surface area contributed by atoms with Crippen LogP contribution in [0.1, 0.15) is 5.69 Å². The number of anilines is 1. The highest BCUT2D eigenvalue weighted by Gasteiger charge is 2.26. The molecule has 10 heteroatoms. The average Bonchev–Trinajstić information content (AvgIpc) is 2.63. The molecule has 0 bridgehead atoms. The molecule has 1 aromatic heterocycles. The Balaban J connectivity index is 1.68. The molecular weight excluding hydrogens is 362 g/mol. The first-order chi connectivity index (χ1) is 12.4. The van der Waals surface area contributed by atoms with Crippen LogP contribution in [0.4, 0.5) is 17.1 Å². The van der Waals surface area contributed by atoms with Gasteiger partial charge in [0.1, 0.15) is 5.69 Å². The number of non-ortho nitro benzene ring substituents is 1. The molecule has 9 nitrogen and oxygen atoms in total. The first-order valence-corrected chi connectivity index (χ1v) is 8.32. The summed E-state index contributed by atoms with van der Waals surface area (Å²) in [5.74, 6) is 0. The monoisotopic (exact) mass is 377 g/mol. The Morgan fingerprint density at radius 2 is 1.77 bits per heavy atom. The standard InChI is InChI=1S/C16H16ClN5O4/c17-12-1-2-13(18-10-12)11-19-5-7-20(8-6-19)15-4-3-14(21(23)24)9-16(15)22(25)26/h1-4,9-10H,5-8,11H2. The second-order valence-electron chi connectivity index (χ2n) is 5.92. The summed E-state index contributed by atoms with van der Waals surface area (Å²) in [6.45, 7) is 3.27. The molecule has 2 aromatic rings. The van der Waals surface area contributed by atoms with Crippen LogP contribution in [0.5, 0.6) is 0 Å². The van der Waals surface area contributed by atoms with Crippen molar-refractivity contribution in [2.45, 2.75) is 6.54 Å². The predicted octanol–water partition coefficient (Wildman–Crippen LogP) is 2.87. The molecule has 0 saturated carbocycles. The number of halogens is 1. The van der Waals surface area contributed by atoms with Gasteiger partial charge in [-0.15, -0.1) is 0 Å².